The van der Waals surface area contributed by atoms with Crippen molar-refractivity contribution in [2.24, 2.45) is 5.92 Å². The van der Waals surface area contributed by atoms with E-state index in [1.54, 1.807) is 34.1 Å². The fourth-order valence-electron chi connectivity index (χ4n) is 3.55. The largest absolute Gasteiger partial charge is 0.339 e. The molecule has 6 nitrogen and oxygen atoms in total. The normalized spacial score (nSPS) is 16.2. The monoisotopic (exact) mass is 393 g/mol. The molecule has 6 heteroatoms. The third kappa shape index (κ3) is 4.65. The molecule has 1 fully saturated rings. The molecular formula is C23H27N3O3. The number of para-hydroxylation sites is 1. The quantitative estimate of drug-likeness (QED) is 0.816. The minimum atomic E-state index is -0.347. The Morgan fingerprint density at radius 2 is 1.76 bits per heavy atom. The second-order valence-electron chi connectivity index (χ2n) is 7.49. The van der Waals surface area contributed by atoms with E-state index in [1.165, 1.54) is 0 Å². The number of likely N-dealkylation sites (tertiary alicyclic amines) is 1. The van der Waals surface area contributed by atoms with Crippen LogP contribution in [0.4, 0.5) is 11.4 Å². The van der Waals surface area contributed by atoms with Crippen molar-refractivity contribution in [2.45, 2.75) is 33.2 Å². The van der Waals surface area contributed by atoms with Crippen molar-refractivity contribution in [3.05, 3.63) is 60.2 Å². The molecule has 0 saturated carbocycles. The summed E-state index contributed by atoms with van der Waals surface area (Å²) < 4.78 is 0. The van der Waals surface area contributed by atoms with Crippen LogP contribution in [0.2, 0.25) is 0 Å². The van der Waals surface area contributed by atoms with Crippen LogP contribution in [-0.4, -0.2) is 41.8 Å². The molecule has 0 aromatic heterocycles. The van der Waals surface area contributed by atoms with Crippen molar-refractivity contribution >= 4 is 29.1 Å². The molecule has 0 radical (unpaired) electrons. The maximum absolute atomic E-state index is 12.9. The molecule has 29 heavy (non-hydrogen) atoms. The van der Waals surface area contributed by atoms with Gasteiger partial charge in [-0.3, -0.25) is 14.4 Å². The second-order valence-corrected chi connectivity index (χ2v) is 7.49. The summed E-state index contributed by atoms with van der Waals surface area (Å²) in [6, 6.07) is 16.5. The molecule has 1 N–H and O–H groups in total. The molecule has 3 rings (SSSR count). The molecule has 0 aliphatic carbocycles. The van der Waals surface area contributed by atoms with Crippen molar-refractivity contribution in [3.8, 4) is 0 Å². The van der Waals surface area contributed by atoms with Gasteiger partial charge in [0.2, 0.25) is 11.8 Å². The molecular weight excluding hydrogens is 366 g/mol. The summed E-state index contributed by atoms with van der Waals surface area (Å²) in [5, 5.41) is 2.86. The molecule has 1 aliphatic rings. The van der Waals surface area contributed by atoms with Gasteiger partial charge >= 0.3 is 0 Å². The highest BCUT2D eigenvalue weighted by molar-refractivity contribution is 6.06. The smallest absolute Gasteiger partial charge is 0.258 e. The Kier molecular flexibility index (Phi) is 6.32. The zero-order chi connectivity index (χ0) is 21.0. The van der Waals surface area contributed by atoms with Gasteiger partial charge in [-0.15, -0.1) is 0 Å². The van der Waals surface area contributed by atoms with Gasteiger partial charge in [0.1, 0.15) is 0 Å². The number of nitrogens with zero attached hydrogens (tertiary/aromatic N) is 2. The van der Waals surface area contributed by atoms with Crippen molar-refractivity contribution in [2.75, 3.05) is 23.3 Å². The lowest BCUT2D eigenvalue weighted by Crippen LogP contribution is -2.33. The summed E-state index contributed by atoms with van der Waals surface area (Å²) >= 11 is 0. The van der Waals surface area contributed by atoms with E-state index in [4.69, 9.17) is 0 Å². The number of rotatable bonds is 6. The predicted octanol–water partition coefficient (Wildman–Crippen LogP) is 3.55. The average Bonchev–Trinajstić information content (AvgIpc) is 3.12. The van der Waals surface area contributed by atoms with E-state index in [9.17, 15) is 14.4 Å². The van der Waals surface area contributed by atoms with Gasteiger partial charge in [-0.05, 0) is 57.2 Å². The minimum absolute atomic E-state index is 0.0154. The molecule has 1 aliphatic heterocycles. The Bertz CT molecular complexity index is 878. The highest BCUT2D eigenvalue weighted by Gasteiger charge is 2.35. The summed E-state index contributed by atoms with van der Waals surface area (Å²) in [5.74, 6) is -0.591. The van der Waals surface area contributed by atoms with Crippen LogP contribution < -0.4 is 10.2 Å². The van der Waals surface area contributed by atoms with Crippen LogP contribution in [0.1, 0.15) is 37.6 Å². The fraction of sp³-hybridized carbons (Fsp3) is 0.348. The predicted molar refractivity (Wildman–Crippen MR) is 114 cm³/mol. The maximum atomic E-state index is 12.9. The van der Waals surface area contributed by atoms with E-state index >= 15 is 0 Å². The van der Waals surface area contributed by atoms with Crippen molar-refractivity contribution in [1.29, 1.82) is 0 Å². The number of anilines is 2. The van der Waals surface area contributed by atoms with Gasteiger partial charge in [-0.1, -0.05) is 18.2 Å². The average molecular weight is 393 g/mol. The van der Waals surface area contributed by atoms with Crippen LogP contribution in [0.15, 0.2) is 54.6 Å². The third-order valence-corrected chi connectivity index (χ3v) is 5.18. The van der Waals surface area contributed by atoms with E-state index in [2.05, 4.69) is 5.32 Å². The van der Waals surface area contributed by atoms with Crippen LogP contribution in [0.3, 0.4) is 0 Å². The van der Waals surface area contributed by atoms with E-state index in [0.29, 0.717) is 24.3 Å². The van der Waals surface area contributed by atoms with Crippen molar-refractivity contribution in [3.63, 3.8) is 0 Å². The first-order valence-corrected chi connectivity index (χ1v) is 9.98. The highest BCUT2D eigenvalue weighted by Crippen LogP contribution is 2.22. The summed E-state index contributed by atoms with van der Waals surface area (Å²) in [5.41, 5.74) is 2.01. The number of hydrogen-bond acceptors (Lipinski definition) is 3. The minimum Gasteiger partial charge on any atom is -0.339 e. The van der Waals surface area contributed by atoms with Crippen LogP contribution in [0.5, 0.6) is 0 Å². The molecule has 1 unspecified atom stereocenters. The SMILES string of the molecule is CCN(C(=O)c1ccc(NC(=O)C2CC(=O)N(C(C)C)C2)cc1)c1ccccc1. The number of carbonyl (C=O) groups excluding carboxylic acids is 3. The van der Waals surface area contributed by atoms with Crippen LogP contribution in [0.25, 0.3) is 0 Å². The van der Waals surface area contributed by atoms with Gasteiger partial charge in [-0.2, -0.15) is 0 Å². The Hall–Kier alpha value is -3.15. The Morgan fingerprint density at radius 3 is 2.31 bits per heavy atom. The molecule has 1 saturated heterocycles. The Labute approximate surface area is 171 Å². The number of amides is 3. The van der Waals surface area contributed by atoms with Gasteiger partial charge in [0, 0.05) is 42.5 Å². The third-order valence-electron chi connectivity index (χ3n) is 5.18. The van der Waals surface area contributed by atoms with Gasteiger partial charge < -0.3 is 15.1 Å². The van der Waals surface area contributed by atoms with E-state index in [1.807, 2.05) is 51.1 Å². The number of hydrogen-bond donors (Lipinski definition) is 1. The lowest BCUT2D eigenvalue weighted by Gasteiger charge is -2.21. The van der Waals surface area contributed by atoms with Crippen LogP contribution in [-0.2, 0) is 9.59 Å². The topological polar surface area (TPSA) is 69.7 Å². The summed E-state index contributed by atoms with van der Waals surface area (Å²) in [7, 11) is 0. The lowest BCUT2D eigenvalue weighted by atomic mass is 10.1. The molecule has 1 atom stereocenters. The molecule has 152 valence electrons. The first-order chi connectivity index (χ1) is 13.9. The zero-order valence-electron chi connectivity index (χ0n) is 17.1. The maximum Gasteiger partial charge on any atom is 0.258 e. The summed E-state index contributed by atoms with van der Waals surface area (Å²) in [6.45, 7) is 6.83. The fourth-order valence-corrected chi connectivity index (χ4v) is 3.55. The molecule has 2 aromatic rings. The van der Waals surface area contributed by atoms with E-state index in [0.717, 1.165) is 5.69 Å². The molecule has 0 spiro atoms. The van der Waals surface area contributed by atoms with E-state index in [-0.39, 0.29) is 36.1 Å². The van der Waals surface area contributed by atoms with Gasteiger partial charge in [0.05, 0.1) is 5.92 Å². The molecule has 3 amide bonds. The number of carbonyl (C=O) groups is 3. The van der Waals surface area contributed by atoms with Crippen molar-refractivity contribution < 1.29 is 14.4 Å². The molecule has 0 bridgehead atoms. The standard InChI is InChI=1S/C23H27N3O3/c1-4-25(20-8-6-5-7-9-20)23(29)17-10-12-19(13-11-17)24-22(28)18-14-21(27)26(15-18)16(2)3/h5-13,16,18H,4,14-15H2,1-3H3,(H,24,28). The Morgan fingerprint density at radius 1 is 1.10 bits per heavy atom. The first kappa shape index (κ1) is 20.6. The lowest BCUT2D eigenvalue weighted by molar-refractivity contribution is -0.129. The van der Waals surface area contributed by atoms with Crippen LogP contribution >= 0.6 is 0 Å². The highest BCUT2D eigenvalue weighted by atomic mass is 16.2. The number of nitrogens with one attached hydrogen (secondary N) is 1. The first-order valence-electron chi connectivity index (χ1n) is 9.98. The summed E-state index contributed by atoms with van der Waals surface area (Å²) in [6.07, 6.45) is 0.239. The second kappa shape index (κ2) is 8.90. The zero-order valence-corrected chi connectivity index (χ0v) is 17.1. The molecule has 1 heterocycles. The Balaban J connectivity index is 1.65. The van der Waals surface area contributed by atoms with Gasteiger partial charge in [0.15, 0.2) is 0 Å². The van der Waals surface area contributed by atoms with Gasteiger partial charge in [-0.25, -0.2) is 0 Å². The summed E-state index contributed by atoms with van der Waals surface area (Å²) in [4.78, 5) is 40.8. The number of benzene rings is 2. The molecule has 2 aromatic carbocycles. The van der Waals surface area contributed by atoms with Crippen LogP contribution in [0, 0.1) is 5.92 Å². The van der Waals surface area contributed by atoms with Crippen molar-refractivity contribution in [1.82, 2.24) is 4.90 Å². The van der Waals surface area contributed by atoms with E-state index < -0.39 is 0 Å². The van der Waals surface area contributed by atoms with Gasteiger partial charge in [0.25, 0.3) is 5.91 Å².